The van der Waals surface area contributed by atoms with Crippen LogP contribution in [0.15, 0.2) is 48.5 Å². The Morgan fingerprint density at radius 1 is 1.19 bits per heavy atom. The first-order chi connectivity index (χ1) is 12.6. The molecule has 1 amide bonds. The van der Waals surface area contributed by atoms with Crippen LogP contribution in [-0.2, 0) is 4.74 Å². The topological polar surface area (TPSA) is 61.8 Å². The van der Waals surface area contributed by atoms with Crippen molar-refractivity contribution in [2.75, 3.05) is 19.7 Å². The molecule has 2 N–H and O–H groups in total. The summed E-state index contributed by atoms with van der Waals surface area (Å²) in [5, 5.41) is 13.3. The van der Waals surface area contributed by atoms with Crippen LogP contribution in [0.4, 0.5) is 0 Å². The molecule has 0 aromatic heterocycles. The van der Waals surface area contributed by atoms with Gasteiger partial charge in [0.05, 0.1) is 12.7 Å². The zero-order chi connectivity index (χ0) is 18.1. The van der Waals surface area contributed by atoms with Gasteiger partial charge in [-0.25, -0.2) is 0 Å². The Bertz CT molecular complexity index is 796. The number of phenols is 1. The van der Waals surface area contributed by atoms with Crippen LogP contribution in [0, 0.1) is 0 Å². The fraction of sp³-hybridized carbons (Fsp3) is 0.350. The summed E-state index contributed by atoms with van der Waals surface area (Å²) >= 11 is 5.96. The van der Waals surface area contributed by atoms with Crippen LogP contribution < -0.4 is 5.32 Å². The predicted molar refractivity (Wildman–Crippen MR) is 99.5 cm³/mol. The number of morpholine rings is 1. The number of halogens is 1. The summed E-state index contributed by atoms with van der Waals surface area (Å²) in [7, 11) is 0. The van der Waals surface area contributed by atoms with E-state index in [2.05, 4.69) is 10.2 Å². The molecule has 5 nitrogen and oxygen atoms in total. The normalized spacial score (nSPS) is 25.7. The first-order valence-corrected chi connectivity index (χ1v) is 9.17. The summed E-state index contributed by atoms with van der Waals surface area (Å²) in [6.07, 6.45) is 0.904. The van der Waals surface area contributed by atoms with Crippen molar-refractivity contribution in [3.05, 3.63) is 64.7 Å². The average Bonchev–Trinajstić information content (AvgIpc) is 3.03. The summed E-state index contributed by atoms with van der Waals surface area (Å²) in [4.78, 5) is 14.8. The molecule has 3 atom stereocenters. The lowest BCUT2D eigenvalue weighted by atomic mass is 10.1. The summed E-state index contributed by atoms with van der Waals surface area (Å²) in [6.45, 7) is 2.28. The number of amides is 1. The number of carbonyl (C=O) groups excluding carboxylic acids is 1. The lowest BCUT2D eigenvalue weighted by Gasteiger charge is -2.35. The van der Waals surface area contributed by atoms with E-state index in [1.807, 2.05) is 24.3 Å². The number of hydrogen-bond donors (Lipinski definition) is 2. The minimum Gasteiger partial charge on any atom is -0.508 e. The second-order valence-corrected chi connectivity index (χ2v) is 7.37. The van der Waals surface area contributed by atoms with Gasteiger partial charge in [0.25, 0.3) is 5.91 Å². The van der Waals surface area contributed by atoms with Crippen molar-refractivity contribution in [1.82, 2.24) is 10.2 Å². The van der Waals surface area contributed by atoms with Gasteiger partial charge in [0, 0.05) is 35.8 Å². The maximum Gasteiger partial charge on any atom is 0.251 e. The molecule has 0 unspecified atom stereocenters. The SMILES string of the molecule is O=C(N[C@@H]1C[C@H]2CO[C@@H](c3ccc(Cl)cc3)CN2C1)c1cccc(O)c1. The van der Waals surface area contributed by atoms with Gasteiger partial charge in [-0.2, -0.15) is 0 Å². The molecule has 2 saturated heterocycles. The number of ether oxygens (including phenoxy) is 1. The third-order valence-electron chi connectivity index (χ3n) is 5.10. The second-order valence-electron chi connectivity index (χ2n) is 6.94. The van der Waals surface area contributed by atoms with E-state index in [1.165, 1.54) is 6.07 Å². The highest BCUT2D eigenvalue weighted by atomic mass is 35.5. The van der Waals surface area contributed by atoms with Crippen molar-refractivity contribution >= 4 is 17.5 Å². The lowest BCUT2D eigenvalue weighted by molar-refractivity contribution is -0.0502. The van der Waals surface area contributed by atoms with Crippen molar-refractivity contribution in [3.63, 3.8) is 0 Å². The number of phenolic OH excluding ortho intramolecular Hbond substituents is 1. The van der Waals surface area contributed by atoms with Crippen molar-refractivity contribution < 1.29 is 14.6 Å². The van der Waals surface area contributed by atoms with E-state index >= 15 is 0 Å². The highest BCUT2D eigenvalue weighted by molar-refractivity contribution is 6.30. The van der Waals surface area contributed by atoms with E-state index in [9.17, 15) is 9.90 Å². The maximum atomic E-state index is 12.4. The third-order valence-corrected chi connectivity index (χ3v) is 5.36. The largest absolute Gasteiger partial charge is 0.508 e. The van der Waals surface area contributed by atoms with Gasteiger partial charge in [-0.1, -0.05) is 29.8 Å². The van der Waals surface area contributed by atoms with Gasteiger partial charge in [0.15, 0.2) is 0 Å². The molecule has 2 heterocycles. The van der Waals surface area contributed by atoms with Gasteiger partial charge in [0.1, 0.15) is 5.75 Å². The highest BCUT2D eigenvalue weighted by Gasteiger charge is 2.38. The Hall–Kier alpha value is -2.08. The molecular weight excluding hydrogens is 352 g/mol. The number of rotatable bonds is 3. The smallest absolute Gasteiger partial charge is 0.251 e. The molecule has 26 heavy (non-hydrogen) atoms. The molecule has 2 aromatic rings. The molecular formula is C20H21ClN2O3. The molecule has 0 aliphatic carbocycles. The molecule has 6 heteroatoms. The summed E-state index contributed by atoms with van der Waals surface area (Å²) in [5.41, 5.74) is 1.60. The Labute approximate surface area is 157 Å². The van der Waals surface area contributed by atoms with Crippen molar-refractivity contribution in [3.8, 4) is 5.75 Å². The van der Waals surface area contributed by atoms with E-state index in [-0.39, 0.29) is 23.8 Å². The third kappa shape index (κ3) is 3.70. The predicted octanol–water partition coefficient (Wildman–Crippen LogP) is 2.99. The number of hydrogen-bond acceptors (Lipinski definition) is 4. The number of aromatic hydroxyl groups is 1. The number of benzene rings is 2. The van der Waals surface area contributed by atoms with E-state index in [1.54, 1.807) is 18.2 Å². The molecule has 0 radical (unpaired) electrons. The molecule has 0 spiro atoms. The summed E-state index contributed by atoms with van der Waals surface area (Å²) < 4.78 is 6.04. The Balaban J connectivity index is 1.37. The first kappa shape index (κ1) is 17.3. The Kier molecular flexibility index (Phi) is 4.85. The van der Waals surface area contributed by atoms with Gasteiger partial charge in [0.2, 0.25) is 0 Å². The van der Waals surface area contributed by atoms with Crippen LogP contribution in [0.3, 0.4) is 0 Å². The van der Waals surface area contributed by atoms with Crippen LogP contribution in [0.2, 0.25) is 5.02 Å². The van der Waals surface area contributed by atoms with Gasteiger partial charge in [-0.3, -0.25) is 9.69 Å². The molecule has 2 aromatic carbocycles. The van der Waals surface area contributed by atoms with Crippen molar-refractivity contribution in [2.45, 2.75) is 24.6 Å². The van der Waals surface area contributed by atoms with Crippen LogP contribution in [0.25, 0.3) is 0 Å². The van der Waals surface area contributed by atoms with E-state index in [0.29, 0.717) is 18.2 Å². The van der Waals surface area contributed by atoms with E-state index in [0.717, 1.165) is 30.1 Å². The quantitative estimate of drug-likeness (QED) is 0.869. The maximum absolute atomic E-state index is 12.4. The molecule has 0 saturated carbocycles. The average molecular weight is 373 g/mol. The van der Waals surface area contributed by atoms with Gasteiger partial charge < -0.3 is 15.2 Å². The van der Waals surface area contributed by atoms with Crippen LogP contribution in [-0.4, -0.2) is 47.7 Å². The Morgan fingerprint density at radius 2 is 2.00 bits per heavy atom. The number of fused-ring (bicyclic) bond motifs is 1. The molecule has 2 aliphatic heterocycles. The zero-order valence-electron chi connectivity index (χ0n) is 14.3. The van der Waals surface area contributed by atoms with Gasteiger partial charge >= 0.3 is 0 Å². The monoisotopic (exact) mass is 372 g/mol. The van der Waals surface area contributed by atoms with Crippen molar-refractivity contribution in [2.24, 2.45) is 0 Å². The second kappa shape index (κ2) is 7.27. The van der Waals surface area contributed by atoms with E-state index in [4.69, 9.17) is 16.3 Å². The number of nitrogens with zero attached hydrogens (tertiary/aromatic N) is 1. The van der Waals surface area contributed by atoms with E-state index < -0.39 is 0 Å². The zero-order valence-corrected chi connectivity index (χ0v) is 15.0. The highest BCUT2D eigenvalue weighted by Crippen LogP contribution is 2.31. The van der Waals surface area contributed by atoms with Crippen LogP contribution in [0.5, 0.6) is 5.75 Å². The standard InChI is InChI=1S/C20H21ClN2O3/c21-15-6-4-13(5-7-15)19-11-23-10-16(9-17(23)12-26-19)22-20(25)14-2-1-3-18(24)8-14/h1-8,16-17,19,24H,9-12H2,(H,22,25)/t16-,17+,19-/m1/s1. The Morgan fingerprint density at radius 3 is 2.77 bits per heavy atom. The number of carbonyl (C=O) groups is 1. The molecule has 2 aliphatic rings. The molecule has 4 rings (SSSR count). The van der Waals surface area contributed by atoms with Crippen LogP contribution >= 0.6 is 11.6 Å². The van der Waals surface area contributed by atoms with Gasteiger partial charge in [-0.05, 0) is 42.3 Å². The van der Waals surface area contributed by atoms with Gasteiger partial charge in [-0.15, -0.1) is 0 Å². The van der Waals surface area contributed by atoms with Crippen LogP contribution in [0.1, 0.15) is 28.4 Å². The number of nitrogens with one attached hydrogen (secondary N) is 1. The van der Waals surface area contributed by atoms with Crippen molar-refractivity contribution in [1.29, 1.82) is 0 Å². The molecule has 136 valence electrons. The molecule has 0 bridgehead atoms. The minimum atomic E-state index is -0.152. The first-order valence-electron chi connectivity index (χ1n) is 8.79. The molecule has 2 fully saturated rings. The summed E-state index contributed by atoms with van der Waals surface area (Å²) in [5.74, 6) is -0.0541. The fourth-order valence-corrected chi connectivity index (χ4v) is 3.90. The summed E-state index contributed by atoms with van der Waals surface area (Å²) in [6, 6.07) is 14.6. The minimum absolute atomic E-state index is 0.0315. The lowest BCUT2D eigenvalue weighted by Crippen LogP contribution is -2.43. The fourth-order valence-electron chi connectivity index (χ4n) is 3.77.